The van der Waals surface area contributed by atoms with Crippen molar-refractivity contribution in [2.24, 2.45) is 0 Å². The first-order valence-electron chi connectivity index (χ1n) is 11.2. The van der Waals surface area contributed by atoms with Gasteiger partial charge in [-0.1, -0.05) is 30.3 Å². The number of carbonyl (C=O) groups is 1. The summed E-state index contributed by atoms with van der Waals surface area (Å²) in [5.74, 6) is -0.332. The number of nitrogens with two attached hydrogens (primary N) is 1. The summed E-state index contributed by atoms with van der Waals surface area (Å²) in [5.41, 5.74) is 10.2. The van der Waals surface area contributed by atoms with Crippen LogP contribution in [0.4, 0.5) is 21.5 Å². The van der Waals surface area contributed by atoms with Crippen LogP contribution in [0.2, 0.25) is 0 Å². The number of carbonyl (C=O) groups excluding carboxylic acids is 1. The Kier molecular flexibility index (Phi) is 6.91. The van der Waals surface area contributed by atoms with Crippen LogP contribution in [0.15, 0.2) is 66.7 Å². The molecule has 0 saturated carbocycles. The molecule has 1 fully saturated rings. The average molecular weight is 449 g/mol. The summed E-state index contributed by atoms with van der Waals surface area (Å²) in [4.78, 5) is 14.7. The summed E-state index contributed by atoms with van der Waals surface area (Å²) < 4.78 is 13.2. The lowest BCUT2D eigenvalue weighted by molar-refractivity contribution is -0.120. The third-order valence-electron chi connectivity index (χ3n) is 6.08. The number of hydrogen-bond acceptors (Lipinski definition) is 5. The molecule has 33 heavy (non-hydrogen) atoms. The summed E-state index contributed by atoms with van der Waals surface area (Å²) in [6.07, 6.45) is 1.27. The minimum atomic E-state index is -0.996. The minimum Gasteiger partial charge on any atom is -0.397 e. The Morgan fingerprint density at radius 2 is 1.64 bits per heavy atom. The Balaban J connectivity index is 1.41. The number of halogens is 1. The summed E-state index contributed by atoms with van der Waals surface area (Å²) in [7, 11) is 0. The van der Waals surface area contributed by atoms with Gasteiger partial charge in [-0.25, -0.2) is 4.39 Å². The van der Waals surface area contributed by atoms with Crippen molar-refractivity contribution in [3.63, 3.8) is 0 Å². The van der Waals surface area contributed by atoms with Crippen molar-refractivity contribution in [1.29, 1.82) is 0 Å². The first kappa shape index (κ1) is 22.8. The molecule has 0 bridgehead atoms. The van der Waals surface area contributed by atoms with Crippen molar-refractivity contribution in [2.45, 2.75) is 32.0 Å². The van der Waals surface area contributed by atoms with Crippen molar-refractivity contribution in [2.75, 3.05) is 29.5 Å². The highest BCUT2D eigenvalue weighted by Gasteiger charge is 2.24. The zero-order valence-electron chi connectivity index (χ0n) is 18.6. The highest BCUT2D eigenvalue weighted by atomic mass is 19.1. The largest absolute Gasteiger partial charge is 0.397 e. The number of benzene rings is 3. The number of rotatable bonds is 7. The van der Waals surface area contributed by atoms with Crippen LogP contribution < -0.4 is 16.4 Å². The molecule has 3 aromatic carbocycles. The third-order valence-corrected chi connectivity index (χ3v) is 6.08. The third kappa shape index (κ3) is 5.50. The maximum absolute atomic E-state index is 13.2. The van der Waals surface area contributed by atoms with Crippen LogP contribution in [0.1, 0.15) is 31.6 Å². The number of nitrogens with one attached hydrogen (secondary N) is 2. The van der Waals surface area contributed by atoms with E-state index in [0.717, 1.165) is 37.1 Å². The second-order valence-electron chi connectivity index (χ2n) is 8.39. The van der Waals surface area contributed by atoms with Gasteiger partial charge in [-0.3, -0.25) is 9.69 Å². The fraction of sp³-hybridized carbons (Fsp3) is 0.269. The molecular formula is C26H29FN4O2. The molecule has 6 nitrogen and oxygen atoms in total. The average Bonchev–Trinajstić information content (AvgIpc) is 3.36. The van der Waals surface area contributed by atoms with Gasteiger partial charge in [0, 0.05) is 11.3 Å². The van der Waals surface area contributed by atoms with E-state index in [1.807, 2.05) is 19.1 Å². The molecule has 0 aromatic heterocycles. The number of aliphatic hydroxyl groups is 1. The molecule has 0 radical (unpaired) electrons. The maximum atomic E-state index is 13.2. The molecule has 1 amide bonds. The van der Waals surface area contributed by atoms with E-state index in [9.17, 15) is 14.3 Å². The highest BCUT2D eigenvalue weighted by molar-refractivity contribution is 5.94. The zero-order chi connectivity index (χ0) is 23.4. The van der Waals surface area contributed by atoms with Crippen LogP contribution in [0.3, 0.4) is 0 Å². The molecule has 5 N–H and O–H groups in total. The second kappa shape index (κ2) is 10.0. The van der Waals surface area contributed by atoms with E-state index in [2.05, 4.69) is 15.5 Å². The Hall–Kier alpha value is -3.42. The summed E-state index contributed by atoms with van der Waals surface area (Å²) in [6.45, 7) is 3.83. The van der Waals surface area contributed by atoms with E-state index in [-0.39, 0.29) is 17.8 Å². The van der Waals surface area contributed by atoms with E-state index >= 15 is 0 Å². The normalized spacial score (nSPS) is 15.7. The lowest BCUT2D eigenvalue weighted by atomic mass is 10.0. The van der Waals surface area contributed by atoms with Crippen molar-refractivity contribution in [1.82, 2.24) is 4.90 Å². The van der Waals surface area contributed by atoms with Gasteiger partial charge < -0.3 is 21.5 Å². The van der Waals surface area contributed by atoms with Crippen LogP contribution in [0, 0.1) is 5.82 Å². The van der Waals surface area contributed by atoms with Crippen molar-refractivity contribution in [3.8, 4) is 11.1 Å². The predicted octanol–water partition coefficient (Wildman–Crippen LogP) is 4.60. The number of amides is 1. The van der Waals surface area contributed by atoms with E-state index < -0.39 is 6.23 Å². The SMILES string of the molecule is CC(C(=O)Nc1ccc(C(O)Nc2cc(-c3ccc(F)cc3)ccc2N)cc1)N1CCCC1. The van der Waals surface area contributed by atoms with Crippen molar-refractivity contribution in [3.05, 3.63) is 78.1 Å². The second-order valence-corrected chi connectivity index (χ2v) is 8.39. The van der Waals surface area contributed by atoms with Gasteiger partial charge in [0.2, 0.25) is 5.91 Å². The molecule has 2 unspecified atom stereocenters. The zero-order valence-corrected chi connectivity index (χ0v) is 18.6. The first-order chi connectivity index (χ1) is 15.9. The lowest BCUT2D eigenvalue weighted by Crippen LogP contribution is -2.40. The van der Waals surface area contributed by atoms with E-state index in [1.165, 1.54) is 12.1 Å². The van der Waals surface area contributed by atoms with Crippen LogP contribution in [0.25, 0.3) is 11.1 Å². The van der Waals surface area contributed by atoms with E-state index in [4.69, 9.17) is 5.73 Å². The first-order valence-corrected chi connectivity index (χ1v) is 11.2. The number of nitrogen functional groups attached to an aromatic ring is 1. The van der Waals surface area contributed by atoms with Crippen LogP contribution in [-0.2, 0) is 4.79 Å². The maximum Gasteiger partial charge on any atom is 0.241 e. The van der Waals surface area contributed by atoms with E-state index in [1.54, 1.807) is 42.5 Å². The van der Waals surface area contributed by atoms with Gasteiger partial charge in [0.15, 0.2) is 6.23 Å². The number of nitrogens with zero attached hydrogens (tertiary/aromatic N) is 1. The molecular weight excluding hydrogens is 419 g/mol. The standard InChI is InChI=1S/C26H29FN4O2/c1-17(31-14-2-3-15-31)25(32)29-22-11-6-19(7-12-22)26(33)30-24-16-20(8-13-23(24)28)18-4-9-21(27)10-5-18/h4-13,16-17,26,30,33H,2-3,14-15,28H2,1H3,(H,29,32). The molecule has 1 aliphatic rings. The summed E-state index contributed by atoms with van der Waals surface area (Å²) in [5, 5.41) is 16.7. The number of hydrogen-bond donors (Lipinski definition) is 4. The minimum absolute atomic E-state index is 0.0336. The van der Waals surface area contributed by atoms with Crippen LogP contribution >= 0.6 is 0 Å². The molecule has 0 spiro atoms. The Labute approximate surface area is 193 Å². The number of likely N-dealkylation sites (tertiary alicyclic amines) is 1. The van der Waals surface area contributed by atoms with Crippen LogP contribution in [-0.4, -0.2) is 35.0 Å². The topological polar surface area (TPSA) is 90.6 Å². The molecule has 1 heterocycles. The van der Waals surface area contributed by atoms with Gasteiger partial charge in [-0.15, -0.1) is 0 Å². The molecule has 172 valence electrons. The van der Waals surface area contributed by atoms with E-state index in [0.29, 0.717) is 22.6 Å². The molecule has 3 aromatic rings. The highest BCUT2D eigenvalue weighted by Crippen LogP contribution is 2.30. The Morgan fingerprint density at radius 1 is 1.00 bits per heavy atom. The Bertz CT molecular complexity index is 1100. The van der Waals surface area contributed by atoms with Gasteiger partial charge >= 0.3 is 0 Å². The summed E-state index contributed by atoms with van der Waals surface area (Å²) in [6, 6.07) is 18.5. The lowest BCUT2D eigenvalue weighted by Gasteiger charge is -2.23. The Morgan fingerprint density at radius 3 is 2.30 bits per heavy atom. The van der Waals surface area contributed by atoms with Crippen molar-refractivity contribution < 1.29 is 14.3 Å². The van der Waals surface area contributed by atoms with Gasteiger partial charge in [-0.2, -0.15) is 0 Å². The molecule has 2 atom stereocenters. The van der Waals surface area contributed by atoms with Crippen LogP contribution in [0.5, 0.6) is 0 Å². The van der Waals surface area contributed by atoms with Gasteiger partial charge in [-0.05, 0) is 80.4 Å². The predicted molar refractivity (Wildman–Crippen MR) is 130 cm³/mol. The molecule has 1 saturated heterocycles. The summed E-state index contributed by atoms with van der Waals surface area (Å²) >= 11 is 0. The van der Waals surface area contributed by atoms with Gasteiger partial charge in [0.25, 0.3) is 0 Å². The molecule has 7 heteroatoms. The molecule has 1 aliphatic heterocycles. The number of aliphatic hydroxyl groups excluding tert-OH is 1. The fourth-order valence-electron chi connectivity index (χ4n) is 4.02. The fourth-order valence-corrected chi connectivity index (χ4v) is 4.02. The number of anilines is 3. The van der Waals surface area contributed by atoms with Gasteiger partial charge in [0.05, 0.1) is 17.4 Å². The van der Waals surface area contributed by atoms with Crippen molar-refractivity contribution >= 4 is 23.0 Å². The van der Waals surface area contributed by atoms with Gasteiger partial charge in [0.1, 0.15) is 5.82 Å². The molecule has 4 rings (SSSR count). The monoisotopic (exact) mass is 448 g/mol. The quantitative estimate of drug-likeness (QED) is 0.313. The molecule has 0 aliphatic carbocycles. The smallest absolute Gasteiger partial charge is 0.241 e.